The average Bonchev–Trinajstić information content (AvgIpc) is 2.77. The quantitative estimate of drug-likeness (QED) is 0.421. The second-order valence-electron chi connectivity index (χ2n) is 7.20. The lowest BCUT2D eigenvalue weighted by atomic mass is 10.1. The lowest BCUT2D eigenvalue weighted by Gasteiger charge is -2.31. The highest BCUT2D eigenvalue weighted by Crippen LogP contribution is 2.30. The molecule has 162 valence electrons. The van der Waals surface area contributed by atoms with Crippen molar-refractivity contribution in [3.05, 3.63) is 54.1 Å². The van der Waals surface area contributed by atoms with Gasteiger partial charge in [0.05, 0.1) is 38.5 Å². The van der Waals surface area contributed by atoms with Crippen molar-refractivity contribution in [3.63, 3.8) is 0 Å². The molecule has 1 N–H and O–H groups in total. The summed E-state index contributed by atoms with van der Waals surface area (Å²) < 4.78 is 16.1. The van der Waals surface area contributed by atoms with Crippen LogP contribution in [0.2, 0.25) is 0 Å². The molecule has 0 radical (unpaired) electrons. The van der Waals surface area contributed by atoms with E-state index in [0.29, 0.717) is 26.2 Å². The van der Waals surface area contributed by atoms with Crippen LogP contribution in [0.4, 0.5) is 11.4 Å². The topological polar surface area (TPSA) is 60.0 Å². The molecule has 0 bridgehead atoms. The molecular formula is C24H32N2O4. The van der Waals surface area contributed by atoms with Gasteiger partial charge in [-0.3, -0.25) is 4.79 Å². The number of benzene rings is 2. The number of nitrogens with zero attached hydrogens (tertiary/aromatic N) is 1. The van der Waals surface area contributed by atoms with Crippen molar-refractivity contribution in [2.24, 2.45) is 0 Å². The molecule has 6 heteroatoms. The minimum absolute atomic E-state index is 0.203. The number of fused-ring (bicyclic) bond motifs is 1. The summed E-state index contributed by atoms with van der Waals surface area (Å²) in [5.41, 5.74) is 3.54. The molecular weight excluding hydrogens is 380 g/mol. The second kappa shape index (κ2) is 12.1. The molecule has 1 aliphatic heterocycles. The van der Waals surface area contributed by atoms with Gasteiger partial charge in [0, 0.05) is 18.8 Å². The van der Waals surface area contributed by atoms with Crippen LogP contribution >= 0.6 is 0 Å². The van der Waals surface area contributed by atoms with Crippen molar-refractivity contribution in [3.8, 4) is 5.75 Å². The Morgan fingerprint density at radius 3 is 2.80 bits per heavy atom. The number of hydrogen-bond donors (Lipinski definition) is 1. The van der Waals surface area contributed by atoms with E-state index in [4.69, 9.17) is 14.2 Å². The first-order valence-corrected chi connectivity index (χ1v) is 10.8. The van der Waals surface area contributed by atoms with Gasteiger partial charge in [0.25, 0.3) is 0 Å². The Labute approximate surface area is 179 Å². The van der Waals surface area contributed by atoms with Crippen LogP contribution in [-0.4, -0.2) is 52.0 Å². The highest BCUT2D eigenvalue weighted by molar-refractivity contribution is 5.69. The molecule has 30 heavy (non-hydrogen) atoms. The van der Waals surface area contributed by atoms with Gasteiger partial charge < -0.3 is 24.4 Å². The van der Waals surface area contributed by atoms with Gasteiger partial charge in [0.15, 0.2) is 0 Å². The summed E-state index contributed by atoms with van der Waals surface area (Å²) in [6.07, 6.45) is 2.21. The lowest BCUT2D eigenvalue weighted by molar-refractivity contribution is -0.144. The van der Waals surface area contributed by atoms with Crippen LogP contribution in [0.15, 0.2) is 48.5 Å². The zero-order valence-corrected chi connectivity index (χ0v) is 17.8. The summed E-state index contributed by atoms with van der Waals surface area (Å²) in [6.45, 7) is 6.86. The zero-order chi connectivity index (χ0) is 21.0. The Bertz CT molecular complexity index is 779. The third-order valence-corrected chi connectivity index (χ3v) is 5.00. The van der Waals surface area contributed by atoms with Crippen molar-refractivity contribution in [1.29, 1.82) is 0 Å². The standard InChI is InChI=1S/C24H32N2O4/c1-2-29-24(27)13-18-28-17-12-20-8-10-21(11-9-20)25-14-5-15-26-16-19-30-23-7-4-3-6-22(23)26/h3-4,6-11,25H,2,5,12-19H2,1H3. The van der Waals surface area contributed by atoms with E-state index in [0.717, 1.165) is 50.5 Å². The van der Waals surface area contributed by atoms with E-state index in [1.807, 2.05) is 12.1 Å². The van der Waals surface area contributed by atoms with Crippen molar-refractivity contribution >= 4 is 17.3 Å². The van der Waals surface area contributed by atoms with Crippen molar-refractivity contribution in [1.82, 2.24) is 0 Å². The fraction of sp³-hybridized carbons (Fsp3) is 0.458. The SMILES string of the molecule is CCOC(=O)CCOCCc1ccc(NCCCN2CCOc3ccccc32)cc1. The highest BCUT2D eigenvalue weighted by atomic mass is 16.5. The maximum absolute atomic E-state index is 11.2. The van der Waals surface area contributed by atoms with Crippen LogP contribution in [0, 0.1) is 0 Å². The first-order valence-electron chi connectivity index (χ1n) is 10.8. The van der Waals surface area contributed by atoms with Gasteiger partial charge in [-0.15, -0.1) is 0 Å². The fourth-order valence-corrected chi connectivity index (χ4v) is 3.43. The van der Waals surface area contributed by atoms with Crippen molar-refractivity contribution in [2.45, 2.75) is 26.2 Å². The molecule has 6 nitrogen and oxygen atoms in total. The Morgan fingerprint density at radius 2 is 1.97 bits per heavy atom. The van der Waals surface area contributed by atoms with E-state index in [2.05, 4.69) is 46.6 Å². The highest BCUT2D eigenvalue weighted by Gasteiger charge is 2.16. The number of hydrogen-bond acceptors (Lipinski definition) is 6. The summed E-state index contributed by atoms with van der Waals surface area (Å²) >= 11 is 0. The molecule has 0 atom stereocenters. The summed E-state index contributed by atoms with van der Waals surface area (Å²) in [4.78, 5) is 13.6. The van der Waals surface area contributed by atoms with E-state index < -0.39 is 0 Å². The number of carbonyl (C=O) groups excluding carboxylic acids is 1. The predicted octanol–water partition coefficient (Wildman–Crippen LogP) is 3.90. The van der Waals surface area contributed by atoms with E-state index >= 15 is 0 Å². The van der Waals surface area contributed by atoms with Gasteiger partial charge in [-0.05, 0) is 49.6 Å². The van der Waals surface area contributed by atoms with Gasteiger partial charge in [0.1, 0.15) is 12.4 Å². The number of esters is 1. The summed E-state index contributed by atoms with van der Waals surface area (Å²) in [7, 11) is 0. The Hall–Kier alpha value is -2.73. The maximum Gasteiger partial charge on any atom is 0.308 e. The van der Waals surface area contributed by atoms with E-state index in [9.17, 15) is 4.79 Å². The van der Waals surface area contributed by atoms with Gasteiger partial charge in [-0.25, -0.2) is 0 Å². The molecule has 3 rings (SSSR count). The number of nitrogens with one attached hydrogen (secondary N) is 1. The molecule has 1 aliphatic rings. The summed E-state index contributed by atoms with van der Waals surface area (Å²) in [6, 6.07) is 16.7. The predicted molar refractivity (Wildman–Crippen MR) is 119 cm³/mol. The van der Waals surface area contributed by atoms with Crippen LogP contribution in [0.5, 0.6) is 5.75 Å². The van der Waals surface area contributed by atoms with Gasteiger partial charge in [0.2, 0.25) is 0 Å². The maximum atomic E-state index is 11.2. The van der Waals surface area contributed by atoms with Gasteiger partial charge >= 0.3 is 5.97 Å². The van der Waals surface area contributed by atoms with Crippen molar-refractivity contribution < 1.29 is 19.0 Å². The zero-order valence-electron chi connectivity index (χ0n) is 17.8. The van der Waals surface area contributed by atoms with E-state index in [-0.39, 0.29) is 5.97 Å². The molecule has 2 aromatic carbocycles. The average molecular weight is 413 g/mol. The molecule has 0 saturated carbocycles. The van der Waals surface area contributed by atoms with Crippen LogP contribution in [-0.2, 0) is 20.7 Å². The number of rotatable bonds is 12. The number of para-hydroxylation sites is 2. The third kappa shape index (κ3) is 6.95. The van der Waals surface area contributed by atoms with E-state index in [1.54, 1.807) is 6.92 Å². The van der Waals surface area contributed by atoms with Crippen LogP contribution < -0.4 is 15.0 Å². The minimum Gasteiger partial charge on any atom is -0.490 e. The number of ether oxygens (including phenoxy) is 3. The first kappa shape index (κ1) is 22.0. The van der Waals surface area contributed by atoms with Crippen LogP contribution in [0.1, 0.15) is 25.3 Å². The van der Waals surface area contributed by atoms with Crippen LogP contribution in [0.3, 0.4) is 0 Å². The van der Waals surface area contributed by atoms with Gasteiger partial charge in [-0.2, -0.15) is 0 Å². The Balaban J connectivity index is 1.30. The van der Waals surface area contributed by atoms with E-state index in [1.165, 1.54) is 11.3 Å². The molecule has 0 aliphatic carbocycles. The van der Waals surface area contributed by atoms with Gasteiger partial charge in [-0.1, -0.05) is 24.3 Å². The minimum atomic E-state index is -0.203. The summed E-state index contributed by atoms with van der Waals surface area (Å²) in [5.74, 6) is 0.780. The monoisotopic (exact) mass is 412 g/mol. The fourth-order valence-electron chi connectivity index (χ4n) is 3.43. The Kier molecular flexibility index (Phi) is 8.84. The van der Waals surface area contributed by atoms with Crippen molar-refractivity contribution in [2.75, 3.05) is 56.3 Å². The molecule has 0 aromatic heterocycles. The smallest absolute Gasteiger partial charge is 0.308 e. The number of anilines is 2. The summed E-state index contributed by atoms with van der Waals surface area (Å²) in [5, 5.41) is 3.50. The third-order valence-electron chi connectivity index (χ3n) is 5.00. The molecule has 2 aromatic rings. The first-order chi connectivity index (χ1) is 14.8. The number of carbonyl (C=O) groups is 1. The normalized spacial score (nSPS) is 12.8. The molecule has 0 fully saturated rings. The molecule has 0 spiro atoms. The molecule has 0 amide bonds. The second-order valence-corrected chi connectivity index (χ2v) is 7.20. The largest absolute Gasteiger partial charge is 0.490 e. The molecule has 1 heterocycles. The van der Waals surface area contributed by atoms with Crippen LogP contribution in [0.25, 0.3) is 0 Å². The lowest BCUT2D eigenvalue weighted by Crippen LogP contribution is -2.34. The Morgan fingerprint density at radius 1 is 1.13 bits per heavy atom. The molecule has 0 saturated heterocycles. The molecule has 0 unspecified atom stereocenters.